The minimum Gasteiger partial charge on any atom is -0.324 e. The van der Waals surface area contributed by atoms with Gasteiger partial charge in [0.1, 0.15) is 11.6 Å². The van der Waals surface area contributed by atoms with Crippen molar-refractivity contribution in [3.63, 3.8) is 0 Å². The average molecular weight is 297 g/mol. The highest BCUT2D eigenvalue weighted by Gasteiger charge is 2.31. The first-order valence-corrected chi connectivity index (χ1v) is 6.45. The van der Waals surface area contributed by atoms with Gasteiger partial charge in [-0.15, -0.1) is 0 Å². The molecule has 1 atom stereocenters. The number of carbonyl (C=O) groups is 1. The average Bonchev–Trinajstić information content (AvgIpc) is 2.18. The number of hydrogen-bond acceptors (Lipinski definition) is 2. The lowest BCUT2D eigenvalue weighted by molar-refractivity contribution is -0.114. The summed E-state index contributed by atoms with van der Waals surface area (Å²) in [7, 11) is -2.34. The maximum absolute atomic E-state index is 13.5. The number of hydrogen-bond donors (Lipinski definition) is 1. The molecule has 0 radical (unpaired) electrons. The number of carbonyl (C=O) groups excluding carboxylic acids is 1. The number of anilines is 1. The van der Waals surface area contributed by atoms with E-state index < -0.39 is 34.5 Å². The second-order valence-electron chi connectivity index (χ2n) is 3.88. The zero-order chi connectivity index (χ0) is 14.8. The van der Waals surface area contributed by atoms with E-state index >= 15 is 0 Å². The number of rotatable bonds is 3. The van der Waals surface area contributed by atoms with Gasteiger partial charge in [0, 0.05) is 11.8 Å². The monoisotopic (exact) mass is 297 g/mol. The van der Waals surface area contributed by atoms with E-state index in [1.807, 2.05) is 0 Å². The largest absolute Gasteiger partial charge is 0.400 e. The molecule has 19 heavy (non-hydrogen) atoms. The maximum Gasteiger partial charge on any atom is 0.400 e. The molecular weight excluding hydrogens is 286 g/mol. The van der Waals surface area contributed by atoms with E-state index in [1.54, 1.807) is 0 Å². The third-order valence-corrected chi connectivity index (χ3v) is 3.64. The van der Waals surface area contributed by atoms with Gasteiger partial charge in [-0.3, -0.25) is 9.00 Å². The Kier molecular flexibility index (Phi) is 4.67. The molecule has 8 heteroatoms. The first-order chi connectivity index (χ1) is 8.60. The molecule has 0 aliphatic carbocycles. The van der Waals surface area contributed by atoms with E-state index in [-0.39, 0.29) is 16.1 Å². The zero-order valence-corrected chi connectivity index (χ0v) is 10.9. The molecule has 0 aliphatic heterocycles. The van der Waals surface area contributed by atoms with E-state index in [0.717, 1.165) is 19.1 Å². The minimum atomic E-state index is -4.58. The van der Waals surface area contributed by atoms with Crippen molar-refractivity contribution in [3.05, 3.63) is 23.5 Å². The van der Waals surface area contributed by atoms with Crippen molar-refractivity contribution < 1.29 is 26.6 Å². The number of aryl methyl sites for hydroxylation is 1. The Bertz CT molecular complexity index is 528. The quantitative estimate of drug-likeness (QED) is 0.872. The molecule has 1 amide bonds. The molecule has 1 aromatic carbocycles. The predicted octanol–water partition coefficient (Wildman–Crippen LogP) is 2.76. The van der Waals surface area contributed by atoms with Crippen molar-refractivity contribution in [2.75, 3.05) is 11.1 Å². The second-order valence-corrected chi connectivity index (χ2v) is 5.30. The van der Waals surface area contributed by atoms with Gasteiger partial charge in [-0.1, -0.05) is 0 Å². The van der Waals surface area contributed by atoms with Crippen molar-refractivity contribution in [2.24, 2.45) is 0 Å². The Morgan fingerprint density at radius 1 is 1.37 bits per heavy atom. The molecule has 106 valence electrons. The summed E-state index contributed by atoms with van der Waals surface area (Å²) >= 11 is 0. The fourth-order valence-electron chi connectivity index (χ4n) is 1.41. The SMILES string of the molecule is CC(=O)Nc1cc(S(=O)CC(F)(F)F)c(C)cc1F. The molecule has 1 N–H and O–H groups in total. The molecule has 0 spiro atoms. The summed E-state index contributed by atoms with van der Waals surface area (Å²) < 4.78 is 61.6. The van der Waals surface area contributed by atoms with Gasteiger partial charge in [0.05, 0.1) is 16.5 Å². The molecular formula is C11H11F4NO2S. The van der Waals surface area contributed by atoms with Crippen LogP contribution >= 0.6 is 0 Å². The van der Waals surface area contributed by atoms with Gasteiger partial charge in [0.15, 0.2) is 0 Å². The van der Waals surface area contributed by atoms with Crippen LogP contribution in [0.2, 0.25) is 0 Å². The lowest BCUT2D eigenvalue weighted by Gasteiger charge is -2.11. The van der Waals surface area contributed by atoms with Crippen LogP contribution in [0.4, 0.5) is 23.2 Å². The Morgan fingerprint density at radius 3 is 2.42 bits per heavy atom. The number of alkyl halides is 3. The standard InChI is InChI=1S/C11H11F4NO2S/c1-6-3-8(12)9(16-7(2)17)4-10(6)19(18)5-11(13,14)15/h3-4H,5H2,1-2H3,(H,16,17). The number of nitrogens with one attached hydrogen (secondary N) is 1. The molecule has 0 heterocycles. The van der Waals surface area contributed by atoms with Crippen LogP contribution in [-0.4, -0.2) is 22.0 Å². The van der Waals surface area contributed by atoms with Crippen LogP contribution in [0, 0.1) is 12.7 Å². The summed E-state index contributed by atoms with van der Waals surface area (Å²) in [6, 6.07) is 1.91. The van der Waals surface area contributed by atoms with Crippen molar-refractivity contribution in [2.45, 2.75) is 24.9 Å². The van der Waals surface area contributed by atoms with Crippen LogP contribution in [0.3, 0.4) is 0 Å². The zero-order valence-electron chi connectivity index (χ0n) is 10.1. The molecule has 1 rings (SSSR count). The maximum atomic E-state index is 13.5. The number of halogens is 4. The molecule has 3 nitrogen and oxygen atoms in total. The van der Waals surface area contributed by atoms with E-state index in [4.69, 9.17) is 0 Å². The van der Waals surface area contributed by atoms with Gasteiger partial charge in [0.2, 0.25) is 5.91 Å². The fourth-order valence-corrected chi connectivity index (χ4v) is 2.53. The molecule has 1 aromatic rings. The first-order valence-electron chi connectivity index (χ1n) is 5.13. The summed E-state index contributed by atoms with van der Waals surface area (Å²) in [6.45, 7) is 2.48. The van der Waals surface area contributed by atoms with Gasteiger partial charge in [-0.25, -0.2) is 4.39 Å². The summed E-state index contributed by atoms with van der Waals surface area (Å²) in [4.78, 5) is 10.7. The predicted molar refractivity (Wildman–Crippen MR) is 62.8 cm³/mol. The Morgan fingerprint density at radius 2 is 1.95 bits per heavy atom. The third kappa shape index (κ3) is 4.62. The Balaban J connectivity index is 3.14. The number of amides is 1. The van der Waals surface area contributed by atoms with Crippen molar-refractivity contribution >= 4 is 22.4 Å². The Hall–Kier alpha value is -1.44. The van der Waals surface area contributed by atoms with Gasteiger partial charge in [-0.05, 0) is 24.6 Å². The molecule has 0 bridgehead atoms. The molecule has 0 saturated heterocycles. The molecule has 0 saturated carbocycles. The highest BCUT2D eigenvalue weighted by Crippen LogP contribution is 2.26. The molecule has 0 aromatic heterocycles. The summed E-state index contributed by atoms with van der Waals surface area (Å²) in [6.07, 6.45) is -4.58. The third-order valence-electron chi connectivity index (χ3n) is 2.12. The van der Waals surface area contributed by atoms with Gasteiger partial charge < -0.3 is 5.32 Å². The fraction of sp³-hybridized carbons (Fsp3) is 0.364. The summed E-state index contributed by atoms with van der Waals surface area (Å²) in [5, 5.41) is 2.13. The lowest BCUT2D eigenvalue weighted by Crippen LogP contribution is -2.19. The lowest BCUT2D eigenvalue weighted by atomic mass is 10.2. The minimum absolute atomic E-state index is 0.134. The van der Waals surface area contributed by atoms with Crippen LogP contribution in [-0.2, 0) is 15.6 Å². The Labute approximate surface area is 109 Å². The highest BCUT2D eigenvalue weighted by atomic mass is 32.2. The molecule has 0 fully saturated rings. The van der Waals surface area contributed by atoms with Crippen molar-refractivity contribution in [1.29, 1.82) is 0 Å². The van der Waals surface area contributed by atoms with E-state index in [2.05, 4.69) is 5.32 Å². The van der Waals surface area contributed by atoms with Gasteiger partial charge >= 0.3 is 6.18 Å². The van der Waals surface area contributed by atoms with Crippen molar-refractivity contribution in [1.82, 2.24) is 0 Å². The first kappa shape index (κ1) is 15.6. The molecule has 0 aliphatic rings. The van der Waals surface area contributed by atoms with Gasteiger partial charge in [-0.2, -0.15) is 13.2 Å². The normalized spacial score (nSPS) is 13.2. The van der Waals surface area contributed by atoms with Crippen LogP contribution in [0.15, 0.2) is 17.0 Å². The van der Waals surface area contributed by atoms with E-state index in [1.165, 1.54) is 6.92 Å². The van der Waals surface area contributed by atoms with E-state index in [9.17, 15) is 26.6 Å². The summed E-state index contributed by atoms with van der Waals surface area (Å²) in [5.41, 5.74) is -0.155. The van der Waals surface area contributed by atoms with Crippen LogP contribution < -0.4 is 5.32 Å². The van der Waals surface area contributed by atoms with Crippen molar-refractivity contribution in [3.8, 4) is 0 Å². The smallest absolute Gasteiger partial charge is 0.324 e. The number of benzene rings is 1. The van der Waals surface area contributed by atoms with Crippen LogP contribution in [0.25, 0.3) is 0 Å². The van der Waals surface area contributed by atoms with E-state index in [0.29, 0.717) is 0 Å². The summed E-state index contributed by atoms with van der Waals surface area (Å²) in [5.74, 6) is -2.88. The highest BCUT2D eigenvalue weighted by molar-refractivity contribution is 7.85. The van der Waals surface area contributed by atoms with Crippen LogP contribution in [0.5, 0.6) is 0 Å². The van der Waals surface area contributed by atoms with Gasteiger partial charge in [0.25, 0.3) is 0 Å². The molecule has 1 unspecified atom stereocenters. The second kappa shape index (κ2) is 5.68. The van der Waals surface area contributed by atoms with Crippen LogP contribution in [0.1, 0.15) is 12.5 Å². The topological polar surface area (TPSA) is 46.2 Å².